The van der Waals surface area contributed by atoms with Crippen LogP contribution in [0.4, 0.5) is 11.6 Å². The van der Waals surface area contributed by atoms with Gasteiger partial charge >= 0.3 is 0 Å². The molecule has 5 heteroatoms. The number of hydrogen-bond donors (Lipinski definition) is 2. The van der Waals surface area contributed by atoms with Crippen molar-refractivity contribution in [3.63, 3.8) is 0 Å². The van der Waals surface area contributed by atoms with E-state index in [9.17, 15) is 0 Å². The van der Waals surface area contributed by atoms with Crippen molar-refractivity contribution >= 4 is 11.6 Å². The largest absolute Gasteiger partial charge is 0.373 e. The van der Waals surface area contributed by atoms with E-state index in [-0.39, 0.29) is 0 Å². The molecule has 0 bridgehead atoms. The van der Waals surface area contributed by atoms with E-state index in [4.69, 9.17) is 0 Å². The molecule has 2 rings (SSSR count). The van der Waals surface area contributed by atoms with Crippen molar-refractivity contribution in [3.05, 3.63) is 41.0 Å². The number of anilines is 2. The quantitative estimate of drug-likeness (QED) is 0.881. The van der Waals surface area contributed by atoms with Crippen LogP contribution in [0.2, 0.25) is 0 Å². The molecule has 2 aromatic rings. The summed E-state index contributed by atoms with van der Waals surface area (Å²) in [5, 5.41) is 6.44. The molecule has 0 atom stereocenters. The van der Waals surface area contributed by atoms with Crippen molar-refractivity contribution in [1.82, 2.24) is 15.0 Å². The van der Waals surface area contributed by atoms with Gasteiger partial charge in [0.2, 0.25) is 0 Å². The first-order valence-electron chi connectivity index (χ1n) is 6.28. The van der Waals surface area contributed by atoms with Gasteiger partial charge in [-0.1, -0.05) is 0 Å². The maximum Gasteiger partial charge on any atom is 0.135 e. The molecule has 2 heterocycles. The van der Waals surface area contributed by atoms with Crippen LogP contribution in [0.1, 0.15) is 22.5 Å². The lowest BCUT2D eigenvalue weighted by atomic mass is 10.1. The Morgan fingerprint density at radius 2 is 1.84 bits per heavy atom. The predicted octanol–water partition coefficient (Wildman–Crippen LogP) is 2.45. The maximum absolute atomic E-state index is 4.44. The molecule has 0 aliphatic rings. The number of aromatic nitrogens is 3. The number of nitrogens with one attached hydrogen (secondary N) is 2. The number of nitrogens with zero attached hydrogens (tertiary/aromatic N) is 3. The molecule has 2 aromatic heterocycles. The minimum absolute atomic E-state index is 0.708. The van der Waals surface area contributed by atoms with Crippen LogP contribution in [0.25, 0.3) is 0 Å². The summed E-state index contributed by atoms with van der Waals surface area (Å²) in [5.41, 5.74) is 3.42. The molecular formula is C14H19N5. The molecular weight excluding hydrogens is 238 g/mol. The highest BCUT2D eigenvalue weighted by Crippen LogP contribution is 2.20. The second kappa shape index (κ2) is 5.65. The van der Waals surface area contributed by atoms with Gasteiger partial charge in [-0.05, 0) is 38.0 Å². The Morgan fingerprint density at radius 1 is 1.11 bits per heavy atom. The maximum atomic E-state index is 4.44. The first-order chi connectivity index (χ1) is 9.11. The van der Waals surface area contributed by atoms with E-state index in [1.165, 1.54) is 11.1 Å². The third kappa shape index (κ3) is 2.99. The molecule has 100 valence electrons. The summed E-state index contributed by atoms with van der Waals surface area (Å²) in [6.07, 6.45) is 3.68. The van der Waals surface area contributed by atoms with E-state index < -0.39 is 0 Å². The molecule has 0 unspecified atom stereocenters. The summed E-state index contributed by atoms with van der Waals surface area (Å²) in [7, 11) is 1.86. The van der Waals surface area contributed by atoms with Crippen LogP contribution in [0.5, 0.6) is 0 Å². The summed E-state index contributed by atoms with van der Waals surface area (Å²) in [6, 6.07) is 2.01. The molecule has 5 nitrogen and oxygen atoms in total. The van der Waals surface area contributed by atoms with Crippen molar-refractivity contribution in [2.45, 2.75) is 27.3 Å². The number of hydrogen-bond acceptors (Lipinski definition) is 5. The van der Waals surface area contributed by atoms with Gasteiger partial charge in [0, 0.05) is 31.5 Å². The fraction of sp³-hybridized carbons (Fsp3) is 0.357. The first kappa shape index (κ1) is 13.3. The third-order valence-electron chi connectivity index (χ3n) is 3.09. The molecule has 0 saturated carbocycles. The van der Waals surface area contributed by atoms with Crippen LogP contribution in [0.15, 0.2) is 18.5 Å². The average molecular weight is 257 g/mol. The molecule has 0 aliphatic heterocycles. The van der Waals surface area contributed by atoms with Crippen molar-refractivity contribution in [2.75, 3.05) is 17.7 Å². The molecule has 2 N–H and O–H groups in total. The normalized spacial score (nSPS) is 10.3. The SMILES string of the molecule is CNc1nc(C)nc(NCc2cnccc2C)c1C. The third-order valence-corrected chi connectivity index (χ3v) is 3.09. The molecule has 19 heavy (non-hydrogen) atoms. The van der Waals surface area contributed by atoms with Crippen molar-refractivity contribution in [1.29, 1.82) is 0 Å². The Labute approximate surface area is 113 Å². The van der Waals surface area contributed by atoms with E-state index in [0.29, 0.717) is 6.54 Å². The Hall–Kier alpha value is -2.17. The Kier molecular flexibility index (Phi) is 3.94. The van der Waals surface area contributed by atoms with E-state index >= 15 is 0 Å². The Bertz CT molecular complexity index is 580. The topological polar surface area (TPSA) is 62.7 Å². The van der Waals surface area contributed by atoms with Crippen LogP contribution in [0, 0.1) is 20.8 Å². The highest BCUT2D eigenvalue weighted by atomic mass is 15.1. The molecule has 0 aliphatic carbocycles. The van der Waals surface area contributed by atoms with Gasteiger partial charge in [0.1, 0.15) is 17.5 Å². The Morgan fingerprint density at radius 3 is 2.53 bits per heavy atom. The van der Waals surface area contributed by atoms with Gasteiger partial charge in [0.25, 0.3) is 0 Å². The van der Waals surface area contributed by atoms with E-state index in [0.717, 1.165) is 23.0 Å². The van der Waals surface area contributed by atoms with Crippen molar-refractivity contribution < 1.29 is 0 Å². The van der Waals surface area contributed by atoms with Crippen LogP contribution >= 0.6 is 0 Å². The van der Waals surface area contributed by atoms with Crippen molar-refractivity contribution in [3.8, 4) is 0 Å². The zero-order chi connectivity index (χ0) is 13.8. The summed E-state index contributed by atoms with van der Waals surface area (Å²) < 4.78 is 0. The van der Waals surface area contributed by atoms with Gasteiger partial charge in [0.15, 0.2) is 0 Å². The summed E-state index contributed by atoms with van der Waals surface area (Å²) >= 11 is 0. The predicted molar refractivity (Wildman–Crippen MR) is 77.4 cm³/mol. The Balaban J connectivity index is 2.20. The molecule has 0 spiro atoms. The first-order valence-corrected chi connectivity index (χ1v) is 6.28. The van der Waals surface area contributed by atoms with E-state index in [1.54, 1.807) is 6.20 Å². The van der Waals surface area contributed by atoms with Crippen LogP contribution in [-0.2, 0) is 6.54 Å². The fourth-order valence-electron chi connectivity index (χ4n) is 1.90. The highest BCUT2D eigenvalue weighted by molar-refractivity contribution is 5.57. The van der Waals surface area contributed by atoms with E-state index in [2.05, 4.69) is 32.5 Å². The molecule has 0 aromatic carbocycles. The minimum atomic E-state index is 0.708. The van der Waals surface area contributed by atoms with Gasteiger partial charge < -0.3 is 10.6 Å². The van der Waals surface area contributed by atoms with E-state index in [1.807, 2.05) is 33.2 Å². The molecule has 0 fully saturated rings. The van der Waals surface area contributed by atoms with Crippen molar-refractivity contribution in [2.24, 2.45) is 0 Å². The summed E-state index contributed by atoms with van der Waals surface area (Å²) in [6.45, 7) is 6.68. The zero-order valence-electron chi connectivity index (χ0n) is 11.8. The van der Waals surface area contributed by atoms with Crippen LogP contribution < -0.4 is 10.6 Å². The molecule has 0 saturated heterocycles. The van der Waals surface area contributed by atoms with Gasteiger partial charge in [0.05, 0.1) is 0 Å². The van der Waals surface area contributed by atoms with Gasteiger partial charge in [-0.2, -0.15) is 0 Å². The minimum Gasteiger partial charge on any atom is -0.373 e. The lowest BCUT2D eigenvalue weighted by Crippen LogP contribution is -2.09. The smallest absolute Gasteiger partial charge is 0.135 e. The fourth-order valence-corrected chi connectivity index (χ4v) is 1.90. The number of aryl methyl sites for hydroxylation is 2. The second-order valence-electron chi connectivity index (χ2n) is 4.50. The lowest BCUT2D eigenvalue weighted by molar-refractivity contribution is 0.994. The monoisotopic (exact) mass is 257 g/mol. The average Bonchev–Trinajstić information content (AvgIpc) is 2.41. The van der Waals surface area contributed by atoms with Gasteiger partial charge in [-0.3, -0.25) is 4.98 Å². The summed E-state index contributed by atoms with van der Waals surface area (Å²) in [5.74, 6) is 2.47. The highest BCUT2D eigenvalue weighted by Gasteiger charge is 2.08. The molecule has 0 radical (unpaired) electrons. The second-order valence-corrected chi connectivity index (χ2v) is 4.50. The number of pyridine rings is 1. The number of rotatable bonds is 4. The van der Waals surface area contributed by atoms with Gasteiger partial charge in [-0.25, -0.2) is 9.97 Å². The molecule has 0 amide bonds. The standard InChI is InChI=1S/C14H19N5/c1-9-5-6-16-7-12(9)8-17-14-10(2)13(15-4)18-11(3)19-14/h5-7H,8H2,1-4H3,(H2,15,17,18,19). The summed E-state index contributed by atoms with van der Waals surface area (Å²) in [4.78, 5) is 12.9. The van der Waals surface area contributed by atoms with Gasteiger partial charge in [-0.15, -0.1) is 0 Å². The van der Waals surface area contributed by atoms with Crippen LogP contribution in [0.3, 0.4) is 0 Å². The lowest BCUT2D eigenvalue weighted by Gasteiger charge is -2.13. The van der Waals surface area contributed by atoms with Crippen LogP contribution in [-0.4, -0.2) is 22.0 Å². The zero-order valence-corrected chi connectivity index (χ0v) is 11.8.